The molecular weight excluding hydrogens is 230 g/mol. The summed E-state index contributed by atoms with van der Waals surface area (Å²) in [5.74, 6) is 2.03. The van der Waals surface area contributed by atoms with E-state index in [1.807, 2.05) is 40.0 Å². The Morgan fingerprint density at radius 1 is 1.11 bits per heavy atom. The van der Waals surface area contributed by atoms with Crippen molar-refractivity contribution in [2.75, 3.05) is 27.8 Å². The molecule has 0 spiro atoms. The number of methoxy groups -OCH3 is 2. The maximum absolute atomic E-state index is 6.03. The van der Waals surface area contributed by atoms with Crippen LogP contribution in [0.5, 0.6) is 17.2 Å². The van der Waals surface area contributed by atoms with Crippen LogP contribution in [0.2, 0.25) is 0 Å². The third-order valence-corrected chi connectivity index (χ3v) is 2.59. The SMILES string of the molecule is CNCC(C)(C)Oc1c(OC)cc(C)cc1OC. The first kappa shape index (κ1) is 14.6. The van der Waals surface area contributed by atoms with Gasteiger partial charge in [-0.2, -0.15) is 0 Å². The monoisotopic (exact) mass is 253 g/mol. The maximum Gasteiger partial charge on any atom is 0.204 e. The van der Waals surface area contributed by atoms with Crippen LogP contribution in [0.15, 0.2) is 12.1 Å². The molecule has 0 radical (unpaired) electrons. The molecule has 0 aliphatic rings. The summed E-state index contributed by atoms with van der Waals surface area (Å²) >= 11 is 0. The van der Waals surface area contributed by atoms with Crippen molar-refractivity contribution in [2.24, 2.45) is 0 Å². The molecule has 0 aliphatic carbocycles. The second-order valence-corrected chi connectivity index (χ2v) is 4.89. The van der Waals surface area contributed by atoms with E-state index in [0.717, 1.165) is 12.1 Å². The Kier molecular flexibility index (Phi) is 4.84. The summed E-state index contributed by atoms with van der Waals surface area (Å²) in [6.45, 7) is 6.76. The van der Waals surface area contributed by atoms with E-state index >= 15 is 0 Å². The predicted molar refractivity (Wildman–Crippen MR) is 72.9 cm³/mol. The van der Waals surface area contributed by atoms with Crippen molar-refractivity contribution in [3.05, 3.63) is 17.7 Å². The van der Waals surface area contributed by atoms with Gasteiger partial charge in [0, 0.05) is 6.54 Å². The number of benzene rings is 1. The molecule has 0 saturated heterocycles. The van der Waals surface area contributed by atoms with Crippen LogP contribution in [0.3, 0.4) is 0 Å². The van der Waals surface area contributed by atoms with Gasteiger partial charge in [-0.3, -0.25) is 0 Å². The van der Waals surface area contributed by atoms with Crippen LogP contribution in [0, 0.1) is 6.92 Å². The minimum Gasteiger partial charge on any atom is -0.493 e. The number of hydrogen-bond donors (Lipinski definition) is 1. The van der Waals surface area contributed by atoms with Gasteiger partial charge in [-0.1, -0.05) is 0 Å². The number of nitrogens with one attached hydrogen (secondary N) is 1. The van der Waals surface area contributed by atoms with Gasteiger partial charge in [-0.25, -0.2) is 0 Å². The molecule has 1 N–H and O–H groups in total. The largest absolute Gasteiger partial charge is 0.493 e. The second-order valence-electron chi connectivity index (χ2n) is 4.89. The standard InChI is InChI=1S/C14H23NO3/c1-10-7-11(16-5)13(12(8-10)17-6)18-14(2,3)9-15-4/h7-8,15H,9H2,1-6H3. The summed E-state index contributed by atoms with van der Waals surface area (Å²) in [5.41, 5.74) is 0.729. The Labute approximate surface area is 109 Å². The fourth-order valence-electron chi connectivity index (χ4n) is 1.85. The van der Waals surface area contributed by atoms with Crippen LogP contribution in [-0.2, 0) is 0 Å². The summed E-state index contributed by atoms with van der Waals surface area (Å²) in [6.07, 6.45) is 0. The van der Waals surface area contributed by atoms with Gasteiger partial charge < -0.3 is 19.5 Å². The zero-order chi connectivity index (χ0) is 13.8. The minimum absolute atomic E-state index is 0.343. The first-order valence-electron chi connectivity index (χ1n) is 5.99. The Morgan fingerprint density at radius 2 is 1.61 bits per heavy atom. The van der Waals surface area contributed by atoms with Crippen LogP contribution in [-0.4, -0.2) is 33.4 Å². The lowest BCUT2D eigenvalue weighted by atomic mass is 10.1. The van der Waals surface area contributed by atoms with E-state index < -0.39 is 0 Å². The molecule has 1 rings (SSSR count). The van der Waals surface area contributed by atoms with Gasteiger partial charge >= 0.3 is 0 Å². The zero-order valence-corrected chi connectivity index (χ0v) is 12.1. The third-order valence-electron chi connectivity index (χ3n) is 2.59. The predicted octanol–water partition coefficient (Wildman–Crippen LogP) is 2.39. The zero-order valence-electron chi connectivity index (χ0n) is 12.1. The van der Waals surface area contributed by atoms with E-state index in [9.17, 15) is 0 Å². The molecule has 0 bridgehead atoms. The quantitative estimate of drug-likeness (QED) is 0.845. The Balaban J connectivity index is 3.13. The number of likely N-dealkylation sites (N-methyl/N-ethyl adjacent to an activating group) is 1. The van der Waals surface area contributed by atoms with Crippen molar-refractivity contribution in [1.29, 1.82) is 0 Å². The lowest BCUT2D eigenvalue weighted by Crippen LogP contribution is -2.39. The summed E-state index contributed by atoms with van der Waals surface area (Å²) < 4.78 is 16.8. The van der Waals surface area contributed by atoms with E-state index in [2.05, 4.69) is 5.32 Å². The minimum atomic E-state index is -0.343. The number of rotatable bonds is 6. The first-order valence-corrected chi connectivity index (χ1v) is 5.99. The van der Waals surface area contributed by atoms with Gasteiger partial charge in [0.15, 0.2) is 11.5 Å². The van der Waals surface area contributed by atoms with E-state index in [4.69, 9.17) is 14.2 Å². The highest BCUT2D eigenvalue weighted by molar-refractivity contribution is 5.53. The Morgan fingerprint density at radius 3 is 2.00 bits per heavy atom. The lowest BCUT2D eigenvalue weighted by Gasteiger charge is -2.28. The van der Waals surface area contributed by atoms with E-state index in [1.54, 1.807) is 14.2 Å². The van der Waals surface area contributed by atoms with Crippen LogP contribution >= 0.6 is 0 Å². The number of aryl methyl sites for hydroxylation is 1. The van der Waals surface area contributed by atoms with Gasteiger partial charge in [-0.05, 0) is 45.5 Å². The van der Waals surface area contributed by atoms with Crippen molar-refractivity contribution in [3.63, 3.8) is 0 Å². The van der Waals surface area contributed by atoms with Crippen LogP contribution in [0.4, 0.5) is 0 Å². The molecular formula is C14H23NO3. The third kappa shape index (κ3) is 3.53. The van der Waals surface area contributed by atoms with Gasteiger partial charge in [0.05, 0.1) is 14.2 Å². The van der Waals surface area contributed by atoms with Crippen molar-refractivity contribution < 1.29 is 14.2 Å². The molecule has 0 atom stereocenters. The van der Waals surface area contributed by atoms with Crippen molar-refractivity contribution in [2.45, 2.75) is 26.4 Å². The molecule has 0 saturated carbocycles. The molecule has 4 nitrogen and oxygen atoms in total. The molecule has 102 valence electrons. The Hall–Kier alpha value is -1.42. The van der Waals surface area contributed by atoms with Gasteiger partial charge in [-0.15, -0.1) is 0 Å². The molecule has 4 heteroatoms. The molecule has 1 aromatic carbocycles. The van der Waals surface area contributed by atoms with Crippen LogP contribution in [0.1, 0.15) is 19.4 Å². The summed E-state index contributed by atoms with van der Waals surface area (Å²) in [6, 6.07) is 3.88. The molecule has 0 fully saturated rings. The van der Waals surface area contributed by atoms with Crippen molar-refractivity contribution >= 4 is 0 Å². The van der Waals surface area contributed by atoms with Crippen molar-refractivity contribution in [1.82, 2.24) is 5.32 Å². The highest BCUT2D eigenvalue weighted by atomic mass is 16.5. The van der Waals surface area contributed by atoms with Gasteiger partial charge in [0.25, 0.3) is 0 Å². The smallest absolute Gasteiger partial charge is 0.204 e. The highest BCUT2D eigenvalue weighted by Gasteiger charge is 2.23. The fourth-order valence-corrected chi connectivity index (χ4v) is 1.85. The topological polar surface area (TPSA) is 39.7 Å². The van der Waals surface area contributed by atoms with E-state index in [0.29, 0.717) is 17.2 Å². The second kappa shape index (κ2) is 5.96. The summed E-state index contributed by atoms with van der Waals surface area (Å²) in [7, 11) is 5.16. The maximum atomic E-state index is 6.03. The normalized spacial score (nSPS) is 11.2. The fraction of sp³-hybridized carbons (Fsp3) is 0.571. The van der Waals surface area contributed by atoms with Gasteiger partial charge in [0.2, 0.25) is 5.75 Å². The number of hydrogen-bond acceptors (Lipinski definition) is 4. The molecule has 0 aromatic heterocycles. The van der Waals surface area contributed by atoms with Gasteiger partial charge in [0.1, 0.15) is 5.60 Å². The van der Waals surface area contributed by atoms with E-state index in [-0.39, 0.29) is 5.60 Å². The summed E-state index contributed by atoms with van der Waals surface area (Å²) in [5, 5.41) is 3.11. The molecule has 0 amide bonds. The van der Waals surface area contributed by atoms with Crippen LogP contribution in [0.25, 0.3) is 0 Å². The molecule has 0 aliphatic heterocycles. The molecule has 1 aromatic rings. The van der Waals surface area contributed by atoms with E-state index in [1.165, 1.54) is 0 Å². The Bertz CT molecular complexity index is 377. The highest BCUT2D eigenvalue weighted by Crippen LogP contribution is 2.40. The van der Waals surface area contributed by atoms with Crippen molar-refractivity contribution in [3.8, 4) is 17.2 Å². The molecule has 18 heavy (non-hydrogen) atoms. The number of ether oxygens (including phenoxy) is 3. The first-order chi connectivity index (χ1) is 8.43. The lowest BCUT2D eigenvalue weighted by molar-refractivity contribution is 0.101. The molecule has 0 heterocycles. The average Bonchev–Trinajstić information content (AvgIpc) is 2.30. The molecule has 0 unspecified atom stereocenters. The average molecular weight is 253 g/mol. The summed E-state index contributed by atoms with van der Waals surface area (Å²) in [4.78, 5) is 0. The van der Waals surface area contributed by atoms with Crippen LogP contribution < -0.4 is 19.5 Å².